The maximum atomic E-state index is 4.60. The minimum atomic E-state index is 0.377. The van der Waals surface area contributed by atoms with Crippen molar-refractivity contribution >= 4 is 11.8 Å². The van der Waals surface area contributed by atoms with Crippen LogP contribution >= 0.6 is 11.8 Å². The van der Waals surface area contributed by atoms with E-state index in [9.17, 15) is 0 Å². The molecule has 2 unspecified atom stereocenters. The Morgan fingerprint density at radius 2 is 2.00 bits per heavy atom. The van der Waals surface area contributed by atoms with Crippen molar-refractivity contribution in [3.05, 3.63) is 17.0 Å². The zero-order valence-electron chi connectivity index (χ0n) is 12.6. The van der Waals surface area contributed by atoms with Crippen molar-refractivity contribution in [2.75, 3.05) is 12.0 Å². The third kappa shape index (κ3) is 3.51. The number of aryl methyl sites for hydroxylation is 2. The highest BCUT2D eigenvalue weighted by atomic mass is 32.2. The third-order valence-electron chi connectivity index (χ3n) is 3.52. The molecule has 0 aromatic carbocycles. The van der Waals surface area contributed by atoms with Crippen LogP contribution in [0.3, 0.4) is 0 Å². The molecule has 0 saturated carbocycles. The molecule has 0 bridgehead atoms. The van der Waals surface area contributed by atoms with Gasteiger partial charge in [-0.2, -0.15) is 16.9 Å². The standard InChI is InChI=1S/C14H27N3S/c1-7-13(9-18-6)15-10(3)14-11(4)16-17(8-2)12(14)5/h10,13,15H,7-9H2,1-6H3. The maximum Gasteiger partial charge on any atom is 0.0644 e. The molecule has 1 aromatic rings. The molecule has 2 atom stereocenters. The predicted octanol–water partition coefficient (Wildman–Crippen LogP) is 3.31. The monoisotopic (exact) mass is 269 g/mol. The van der Waals surface area contributed by atoms with Gasteiger partial charge in [0.25, 0.3) is 0 Å². The van der Waals surface area contributed by atoms with Crippen LogP contribution in [0.2, 0.25) is 0 Å². The van der Waals surface area contributed by atoms with Crippen LogP contribution in [0.25, 0.3) is 0 Å². The van der Waals surface area contributed by atoms with Gasteiger partial charge < -0.3 is 5.32 Å². The van der Waals surface area contributed by atoms with Crippen molar-refractivity contribution in [2.45, 2.75) is 59.7 Å². The first-order valence-electron chi connectivity index (χ1n) is 6.83. The molecule has 1 N–H and O–H groups in total. The quantitative estimate of drug-likeness (QED) is 0.823. The fraction of sp³-hybridized carbons (Fsp3) is 0.786. The topological polar surface area (TPSA) is 29.9 Å². The fourth-order valence-electron chi connectivity index (χ4n) is 2.57. The van der Waals surface area contributed by atoms with Gasteiger partial charge >= 0.3 is 0 Å². The first-order valence-corrected chi connectivity index (χ1v) is 8.23. The number of aromatic nitrogens is 2. The molecule has 0 spiro atoms. The summed E-state index contributed by atoms with van der Waals surface area (Å²) in [5.74, 6) is 1.17. The van der Waals surface area contributed by atoms with Crippen LogP contribution in [0.5, 0.6) is 0 Å². The summed E-state index contributed by atoms with van der Waals surface area (Å²) < 4.78 is 2.10. The molecule has 1 aromatic heterocycles. The lowest BCUT2D eigenvalue weighted by Crippen LogP contribution is -2.33. The third-order valence-corrected chi connectivity index (χ3v) is 4.25. The Labute approximate surface area is 116 Å². The second-order valence-corrected chi connectivity index (χ2v) is 5.76. The fourth-order valence-corrected chi connectivity index (χ4v) is 3.30. The van der Waals surface area contributed by atoms with E-state index >= 15 is 0 Å². The average molecular weight is 269 g/mol. The summed E-state index contributed by atoms with van der Waals surface area (Å²) in [7, 11) is 0. The van der Waals surface area contributed by atoms with Gasteiger partial charge in [0, 0.05) is 35.6 Å². The summed E-state index contributed by atoms with van der Waals surface area (Å²) >= 11 is 1.91. The number of nitrogens with zero attached hydrogens (tertiary/aromatic N) is 2. The SMILES string of the molecule is CCC(CSC)NC(C)c1c(C)nn(CC)c1C. The molecule has 0 fully saturated rings. The lowest BCUT2D eigenvalue weighted by atomic mass is 10.1. The summed E-state index contributed by atoms with van der Waals surface area (Å²) in [6.45, 7) is 11.9. The van der Waals surface area contributed by atoms with Crippen LogP contribution < -0.4 is 5.32 Å². The Morgan fingerprint density at radius 1 is 1.33 bits per heavy atom. The number of hydrogen-bond acceptors (Lipinski definition) is 3. The molecule has 1 rings (SSSR count). The molecular weight excluding hydrogens is 242 g/mol. The molecular formula is C14H27N3S. The summed E-state index contributed by atoms with van der Waals surface area (Å²) in [6.07, 6.45) is 3.34. The molecule has 1 heterocycles. The largest absolute Gasteiger partial charge is 0.306 e. The van der Waals surface area contributed by atoms with Gasteiger partial charge in [-0.1, -0.05) is 6.92 Å². The molecule has 0 aliphatic carbocycles. The highest BCUT2D eigenvalue weighted by Gasteiger charge is 2.19. The van der Waals surface area contributed by atoms with E-state index in [-0.39, 0.29) is 0 Å². The van der Waals surface area contributed by atoms with Crippen molar-refractivity contribution in [3.63, 3.8) is 0 Å². The first kappa shape index (κ1) is 15.6. The molecule has 3 nitrogen and oxygen atoms in total. The maximum absolute atomic E-state index is 4.60. The average Bonchev–Trinajstić information content (AvgIpc) is 2.63. The van der Waals surface area contributed by atoms with Gasteiger partial charge in [0.05, 0.1) is 5.69 Å². The van der Waals surface area contributed by atoms with Gasteiger partial charge in [-0.15, -0.1) is 0 Å². The minimum absolute atomic E-state index is 0.377. The molecule has 0 radical (unpaired) electrons. The van der Waals surface area contributed by atoms with E-state index in [2.05, 4.69) is 56.0 Å². The van der Waals surface area contributed by atoms with Gasteiger partial charge in [0.1, 0.15) is 0 Å². The zero-order valence-corrected chi connectivity index (χ0v) is 13.4. The van der Waals surface area contributed by atoms with Crippen molar-refractivity contribution in [2.24, 2.45) is 0 Å². The van der Waals surface area contributed by atoms with E-state index in [4.69, 9.17) is 0 Å². The van der Waals surface area contributed by atoms with E-state index in [1.807, 2.05) is 11.8 Å². The number of nitrogens with one attached hydrogen (secondary N) is 1. The van der Waals surface area contributed by atoms with Crippen molar-refractivity contribution in [1.82, 2.24) is 15.1 Å². The highest BCUT2D eigenvalue weighted by Crippen LogP contribution is 2.22. The van der Waals surface area contributed by atoms with Gasteiger partial charge in [-0.3, -0.25) is 4.68 Å². The van der Waals surface area contributed by atoms with E-state index in [0.717, 1.165) is 12.2 Å². The lowest BCUT2D eigenvalue weighted by Gasteiger charge is -2.22. The van der Waals surface area contributed by atoms with Crippen molar-refractivity contribution in [3.8, 4) is 0 Å². The van der Waals surface area contributed by atoms with Crippen LogP contribution in [-0.4, -0.2) is 27.8 Å². The Hall–Kier alpha value is -0.480. The molecule has 0 aliphatic rings. The Balaban J connectivity index is 2.83. The summed E-state index contributed by atoms with van der Waals surface area (Å²) in [5.41, 5.74) is 3.83. The number of thioether (sulfide) groups is 1. The van der Waals surface area contributed by atoms with E-state index in [1.165, 1.54) is 23.4 Å². The molecule has 4 heteroatoms. The Bertz CT molecular complexity index is 373. The van der Waals surface area contributed by atoms with E-state index in [1.54, 1.807) is 0 Å². The highest BCUT2D eigenvalue weighted by molar-refractivity contribution is 7.98. The molecule has 0 amide bonds. The summed E-state index contributed by atoms with van der Waals surface area (Å²) in [5, 5.41) is 8.33. The Morgan fingerprint density at radius 3 is 2.44 bits per heavy atom. The number of rotatable bonds is 7. The second kappa shape index (κ2) is 7.19. The van der Waals surface area contributed by atoms with Gasteiger partial charge in [-0.25, -0.2) is 0 Å². The zero-order chi connectivity index (χ0) is 13.7. The van der Waals surface area contributed by atoms with E-state index < -0.39 is 0 Å². The normalized spacial score (nSPS) is 14.8. The predicted molar refractivity (Wildman–Crippen MR) is 81.4 cm³/mol. The smallest absolute Gasteiger partial charge is 0.0644 e. The first-order chi connectivity index (χ1) is 8.54. The Kier molecular flexibility index (Phi) is 6.22. The number of hydrogen-bond donors (Lipinski definition) is 1. The van der Waals surface area contributed by atoms with Crippen LogP contribution in [0.4, 0.5) is 0 Å². The minimum Gasteiger partial charge on any atom is -0.306 e. The van der Waals surface area contributed by atoms with Crippen LogP contribution in [0.1, 0.15) is 50.2 Å². The summed E-state index contributed by atoms with van der Waals surface area (Å²) in [6, 6.07) is 0.959. The molecule has 104 valence electrons. The summed E-state index contributed by atoms with van der Waals surface area (Å²) in [4.78, 5) is 0. The molecule has 18 heavy (non-hydrogen) atoms. The van der Waals surface area contributed by atoms with Crippen molar-refractivity contribution in [1.29, 1.82) is 0 Å². The van der Waals surface area contributed by atoms with Crippen molar-refractivity contribution < 1.29 is 0 Å². The van der Waals surface area contributed by atoms with Crippen LogP contribution in [0, 0.1) is 13.8 Å². The second-order valence-electron chi connectivity index (χ2n) is 4.85. The van der Waals surface area contributed by atoms with Crippen LogP contribution in [-0.2, 0) is 6.54 Å². The molecule has 0 aliphatic heterocycles. The van der Waals surface area contributed by atoms with E-state index in [0.29, 0.717) is 12.1 Å². The van der Waals surface area contributed by atoms with Crippen LogP contribution in [0.15, 0.2) is 0 Å². The van der Waals surface area contributed by atoms with Gasteiger partial charge in [0.2, 0.25) is 0 Å². The molecule has 0 saturated heterocycles. The lowest BCUT2D eigenvalue weighted by molar-refractivity contribution is 0.471. The van der Waals surface area contributed by atoms with Gasteiger partial charge in [-0.05, 0) is 40.4 Å². The van der Waals surface area contributed by atoms with Gasteiger partial charge in [0.15, 0.2) is 0 Å².